The minimum absolute atomic E-state index is 0. The molecule has 0 bridgehead atoms. The number of halogens is 3. The third kappa shape index (κ3) is 7.20. The number of anilines is 1. The van der Waals surface area contributed by atoms with E-state index in [0.29, 0.717) is 22.3 Å². The van der Waals surface area contributed by atoms with E-state index in [9.17, 15) is 4.79 Å². The van der Waals surface area contributed by atoms with Crippen LogP contribution in [0.2, 0.25) is 10.0 Å². The number of carbonyl (C=O) groups is 1. The zero-order valence-electron chi connectivity index (χ0n) is 11.5. The number of likely N-dealkylation sites (N-methyl/N-ethyl adjacent to an activating group) is 1. The number of nitrogens with one attached hydrogen (secondary N) is 1. The van der Waals surface area contributed by atoms with E-state index in [4.69, 9.17) is 27.9 Å². The van der Waals surface area contributed by atoms with Crippen LogP contribution < -0.4 is 5.32 Å². The van der Waals surface area contributed by atoms with E-state index < -0.39 is 6.09 Å². The molecule has 1 N–H and O–H groups in total. The zero-order chi connectivity index (χ0) is 14.3. The smallest absolute Gasteiger partial charge is 0.411 e. The van der Waals surface area contributed by atoms with Crippen LogP contribution in [0.1, 0.15) is 13.8 Å². The van der Waals surface area contributed by atoms with Crippen LogP contribution in [0.25, 0.3) is 0 Å². The number of hydrogen-bond donors (Lipinski definition) is 1. The highest BCUT2D eigenvalue weighted by atomic mass is 35.5. The quantitative estimate of drug-likeness (QED) is 0.838. The number of carbonyl (C=O) groups excluding carboxylic acids is 1. The third-order valence-electron chi connectivity index (χ3n) is 2.64. The Hall–Kier alpha value is -0.680. The molecular weight excluding hydrogens is 323 g/mol. The Morgan fingerprint density at radius 2 is 1.75 bits per heavy atom. The van der Waals surface area contributed by atoms with Gasteiger partial charge in [0.15, 0.2) is 0 Å². The summed E-state index contributed by atoms with van der Waals surface area (Å²) in [6.07, 6.45) is -0.509. The summed E-state index contributed by atoms with van der Waals surface area (Å²) in [6, 6.07) is 4.82. The van der Waals surface area contributed by atoms with E-state index in [1.165, 1.54) is 0 Å². The van der Waals surface area contributed by atoms with Crippen molar-refractivity contribution in [2.75, 3.05) is 31.6 Å². The summed E-state index contributed by atoms with van der Waals surface area (Å²) in [5, 5.41) is 3.51. The van der Waals surface area contributed by atoms with Crippen molar-refractivity contribution in [3.63, 3.8) is 0 Å². The fourth-order valence-electron chi connectivity index (χ4n) is 1.59. The molecule has 0 saturated carbocycles. The molecule has 0 aliphatic heterocycles. The molecule has 0 saturated heterocycles. The molecule has 1 rings (SSSR count). The molecule has 7 heteroatoms. The summed E-state index contributed by atoms with van der Waals surface area (Å²) in [5.74, 6) is 0. The first-order chi connectivity index (χ1) is 9.05. The van der Waals surface area contributed by atoms with Crippen LogP contribution in [0.15, 0.2) is 18.2 Å². The van der Waals surface area contributed by atoms with Crippen molar-refractivity contribution in [3.8, 4) is 0 Å². The van der Waals surface area contributed by atoms with Gasteiger partial charge < -0.3 is 9.64 Å². The number of hydrogen-bond acceptors (Lipinski definition) is 3. The summed E-state index contributed by atoms with van der Waals surface area (Å²) in [5.41, 5.74) is 0.519. The maximum absolute atomic E-state index is 11.6. The van der Waals surface area contributed by atoms with Gasteiger partial charge in [0.05, 0.1) is 0 Å². The van der Waals surface area contributed by atoms with Crippen LogP contribution in [0.5, 0.6) is 0 Å². The predicted molar refractivity (Wildman–Crippen MR) is 86.5 cm³/mol. The first-order valence-corrected chi connectivity index (χ1v) is 6.93. The van der Waals surface area contributed by atoms with Crippen LogP contribution in [-0.2, 0) is 4.74 Å². The van der Waals surface area contributed by atoms with Crippen molar-refractivity contribution in [1.82, 2.24) is 4.90 Å². The Kier molecular flexibility index (Phi) is 9.76. The molecule has 0 aromatic heterocycles. The molecule has 1 aromatic rings. The van der Waals surface area contributed by atoms with Gasteiger partial charge in [-0.15, -0.1) is 12.4 Å². The fourth-order valence-corrected chi connectivity index (χ4v) is 2.11. The van der Waals surface area contributed by atoms with Gasteiger partial charge in [-0.25, -0.2) is 4.79 Å². The van der Waals surface area contributed by atoms with Crippen molar-refractivity contribution in [1.29, 1.82) is 0 Å². The monoisotopic (exact) mass is 340 g/mol. The van der Waals surface area contributed by atoms with Gasteiger partial charge in [0, 0.05) is 22.3 Å². The van der Waals surface area contributed by atoms with Gasteiger partial charge in [0.25, 0.3) is 0 Å². The van der Waals surface area contributed by atoms with E-state index in [1.54, 1.807) is 18.2 Å². The number of rotatable bonds is 6. The van der Waals surface area contributed by atoms with Crippen LogP contribution >= 0.6 is 35.6 Å². The van der Waals surface area contributed by atoms with E-state index in [0.717, 1.165) is 19.6 Å². The highest BCUT2D eigenvalue weighted by molar-refractivity contribution is 6.35. The second-order valence-corrected chi connectivity index (χ2v) is 4.82. The minimum atomic E-state index is -0.509. The van der Waals surface area contributed by atoms with Crippen LogP contribution in [0.3, 0.4) is 0 Å². The summed E-state index contributed by atoms with van der Waals surface area (Å²) in [4.78, 5) is 13.7. The Bertz CT molecular complexity index is 406. The molecule has 4 nitrogen and oxygen atoms in total. The lowest BCUT2D eigenvalue weighted by atomic mass is 10.3. The van der Waals surface area contributed by atoms with Crippen LogP contribution in [0, 0.1) is 0 Å². The molecule has 0 fully saturated rings. The molecule has 0 spiro atoms. The highest BCUT2D eigenvalue weighted by Gasteiger charge is 2.06. The normalized spacial score (nSPS) is 10.1. The average Bonchev–Trinajstić information content (AvgIpc) is 2.33. The van der Waals surface area contributed by atoms with Crippen molar-refractivity contribution in [2.24, 2.45) is 0 Å². The summed E-state index contributed by atoms with van der Waals surface area (Å²) in [7, 11) is 0. The van der Waals surface area contributed by atoms with Crippen molar-refractivity contribution in [2.45, 2.75) is 13.8 Å². The fraction of sp³-hybridized carbons (Fsp3) is 0.462. The molecule has 1 amide bonds. The van der Waals surface area contributed by atoms with Crippen molar-refractivity contribution in [3.05, 3.63) is 28.2 Å². The lowest BCUT2D eigenvalue weighted by Crippen LogP contribution is -2.28. The zero-order valence-corrected chi connectivity index (χ0v) is 13.8. The average molecular weight is 342 g/mol. The van der Waals surface area contributed by atoms with Gasteiger partial charge in [-0.3, -0.25) is 5.32 Å². The maximum atomic E-state index is 11.6. The molecule has 0 aliphatic rings. The van der Waals surface area contributed by atoms with Gasteiger partial charge >= 0.3 is 6.09 Å². The Balaban J connectivity index is 0.00000361. The van der Waals surface area contributed by atoms with E-state index in [-0.39, 0.29) is 12.4 Å². The molecule has 114 valence electrons. The minimum Gasteiger partial charge on any atom is -0.448 e. The molecular formula is C13H19Cl3N2O2. The van der Waals surface area contributed by atoms with E-state index >= 15 is 0 Å². The summed E-state index contributed by atoms with van der Waals surface area (Å²) < 4.78 is 5.08. The van der Waals surface area contributed by atoms with Gasteiger partial charge in [0.1, 0.15) is 6.61 Å². The second-order valence-electron chi connectivity index (χ2n) is 3.95. The van der Waals surface area contributed by atoms with E-state index in [2.05, 4.69) is 24.1 Å². The Labute approximate surface area is 135 Å². The molecule has 20 heavy (non-hydrogen) atoms. The van der Waals surface area contributed by atoms with Gasteiger partial charge in [-0.1, -0.05) is 37.0 Å². The van der Waals surface area contributed by atoms with Crippen molar-refractivity contribution >= 4 is 47.4 Å². The SMILES string of the molecule is CCN(CC)CCOC(=O)Nc1cc(Cl)cc(Cl)c1.Cl. The molecule has 0 radical (unpaired) electrons. The lowest BCUT2D eigenvalue weighted by molar-refractivity contribution is 0.142. The number of benzene rings is 1. The number of nitrogens with zero attached hydrogens (tertiary/aromatic N) is 1. The largest absolute Gasteiger partial charge is 0.448 e. The molecule has 0 aliphatic carbocycles. The molecule has 0 unspecified atom stereocenters. The Morgan fingerprint density at radius 1 is 1.20 bits per heavy atom. The van der Waals surface area contributed by atoms with Crippen LogP contribution in [0.4, 0.5) is 10.5 Å². The molecule has 0 heterocycles. The lowest BCUT2D eigenvalue weighted by Gasteiger charge is -2.17. The third-order valence-corrected chi connectivity index (χ3v) is 3.08. The maximum Gasteiger partial charge on any atom is 0.411 e. The molecule has 1 aromatic carbocycles. The first-order valence-electron chi connectivity index (χ1n) is 6.17. The number of amides is 1. The molecule has 0 atom stereocenters. The highest BCUT2D eigenvalue weighted by Crippen LogP contribution is 2.22. The van der Waals surface area contributed by atoms with Gasteiger partial charge in [-0.05, 0) is 31.3 Å². The first kappa shape index (κ1) is 19.3. The van der Waals surface area contributed by atoms with Gasteiger partial charge in [0.2, 0.25) is 0 Å². The van der Waals surface area contributed by atoms with E-state index in [1.807, 2.05) is 0 Å². The van der Waals surface area contributed by atoms with Crippen molar-refractivity contribution < 1.29 is 9.53 Å². The Morgan fingerprint density at radius 3 is 2.25 bits per heavy atom. The summed E-state index contributed by atoms with van der Waals surface area (Å²) in [6.45, 7) is 7.07. The second kappa shape index (κ2) is 10.1. The number of ether oxygens (including phenoxy) is 1. The van der Waals surface area contributed by atoms with Gasteiger partial charge in [-0.2, -0.15) is 0 Å². The standard InChI is InChI=1S/C13H18Cl2N2O2.ClH/c1-3-17(4-2)5-6-19-13(18)16-12-8-10(14)7-11(15)9-12;/h7-9H,3-6H2,1-2H3,(H,16,18);1H. The topological polar surface area (TPSA) is 41.6 Å². The summed E-state index contributed by atoms with van der Waals surface area (Å²) >= 11 is 11.7. The predicted octanol–water partition coefficient (Wildman–Crippen LogP) is 4.31. The van der Waals surface area contributed by atoms with Crippen LogP contribution in [-0.4, -0.2) is 37.2 Å².